The van der Waals surface area contributed by atoms with Crippen LogP contribution in [0.1, 0.15) is 19.4 Å². The Morgan fingerprint density at radius 2 is 1.90 bits per heavy atom. The summed E-state index contributed by atoms with van der Waals surface area (Å²) in [7, 11) is 0. The van der Waals surface area contributed by atoms with Crippen LogP contribution in [-0.2, 0) is 16.2 Å². The molecule has 108 valence electrons. The zero-order valence-electron chi connectivity index (χ0n) is 11.4. The van der Waals surface area contributed by atoms with Crippen molar-refractivity contribution in [3.63, 3.8) is 0 Å². The summed E-state index contributed by atoms with van der Waals surface area (Å²) in [5, 5.41) is 1.41. The standard InChI is InChI=1S/C14H16BrNO4/c1-14(2)8-20-16(13(14)17)7-9-5-11-12(6-10(9)15)19-4-3-18-11/h5-6H,3-4,7-8H2,1-2H3. The Labute approximate surface area is 125 Å². The maximum atomic E-state index is 12.2. The van der Waals surface area contributed by atoms with Crippen LogP contribution in [0, 0.1) is 5.41 Å². The summed E-state index contributed by atoms with van der Waals surface area (Å²) < 4.78 is 12.0. The molecular formula is C14H16BrNO4. The summed E-state index contributed by atoms with van der Waals surface area (Å²) in [6.45, 7) is 5.66. The van der Waals surface area contributed by atoms with Crippen molar-refractivity contribution in [2.24, 2.45) is 5.41 Å². The van der Waals surface area contributed by atoms with Crippen LogP contribution in [0.15, 0.2) is 16.6 Å². The van der Waals surface area contributed by atoms with Crippen LogP contribution >= 0.6 is 15.9 Å². The molecule has 5 nitrogen and oxygen atoms in total. The Morgan fingerprint density at radius 3 is 2.50 bits per heavy atom. The van der Waals surface area contributed by atoms with Crippen molar-refractivity contribution in [2.45, 2.75) is 20.4 Å². The molecule has 2 heterocycles. The topological polar surface area (TPSA) is 48.0 Å². The number of nitrogens with zero attached hydrogens (tertiary/aromatic N) is 1. The number of hydroxylamine groups is 2. The van der Waals surface area contributed by atoms with Crippen molar-refractivity contribution in [2.75, 3.05) is 19.8 Å². The first-order chi connectivity index (χ1) is 9.47. The minimum absolute atomic E-state index is 0.000658. The molecule has 1 saturated heterocycles. The Morgan fingerprint density at radius 1 is 1.25 bits per heavy atom. The monoisotopic (exact) mass is 341 g/mol. The van der Waals surface area contributed by atoms with Crippen LogP contribution in [0.5, 0.6) is 11.5 Å². The van der Waals surface area contributed by atoms with Gasteiger partial charge in [-0.2, -0.15) is 0 Å². The van der Waals surface area contributed by atoms with Crippen molar-refractivity contribution < 1.29 is 19.1 Å². The average molecular weight is 342 g/mol. The molecular weight excluding hydrogens is 326 g/mol. The highest BCUT2D eigenvalue weighted by Crippen LogP contribution is 2.37. The van der Waals surface area contributed by atoms with Gasteiger partial charge in [0.2, 0.25) is 0 Å². The molecule has 1 fully saturated rings. The van der Waals surface area contributed by atoms with E-state index in [0.29, 0.717) is 32.1 Å². The Bertz CT molecular complexity index is 558. The second-order valence-electron chi connectivity index (χ2n) is 5.59. The molecule has 0 saturated carbocycles. The number of hydrogen-bond donors (Lipinski definition) is 0. The highest BCUT2D eigenvalue weighted by molar-refractivity contribution is 9.10. The summed E-state index contributed by atoms with van der Waals surface area (Å²) >= 11 is 3.50. The third-order valence-corrected chi connectivity index (χ3v) is 4.15. The summed E-state index contributed by atoms with van der Waals surface area (Å²) in [5.74, 6) is 1.43. The van der Waals surface area contributed by atoms with Crippen LogP contribution in [0.3, 0.4) is 0 Å². The van der Waals surface area contributed by atoms with E-state index < -0.39 is 5.41 Å². The molecule has 0 bridgehead atoms. The zero-order chi connectivity index (χ0) is 14.3. The van der Waals surface area contributed by atoms with Gasteiger partial charge in [-0.05, 0) is 31.5 Å². The summed E-state index contributed by atoms with van der Waals surface area (Å²) in [4.78, 5) is 17.6. The van der Waals surface area contributed by atoms with Gasteiger partial charge in [-0.3, -0.25) is 9.63 Å². The van der Waals surface area contributed by atoms with E-state index in [0.717, 1.165) is 15.8 Å². The second kappa shape index (κ2) is 4.93. The number of halogens is 1. The fraction of sp³-hybridized carbons (Fsp3) is 0.500. The molecule has 2 aliphatic rings. The van der Waals surface area contributed by atoms with E-state index >= 15 is 0 Å². The van der Waals surface area contributed by atoms with Gasteiger partial charge in [-0.1, -0.05) is 15.9 Å². The number of carbonyl (C=O) groups excluding carboxylic acids is 1. The lowest BCUT2D eigenvalue weighted by Gasteiger charge is -2.22. The van der Waals surface area contributed by atoms with Gasteiger partial charge in [-0.15, -0.1) is 0 Å². The first-order valence-corrected chi connectivity index (χ1v) is 7.29. The van der Waals surface area contributed by atoms with Crippen molar-refractivity contribution >= 4 is 21.8 Å². The molecule has 0 aromatic heterocycles. The number of benzene rings is 1. The maximum Gasteiger partial charge on any atom is 0.254 e. The molecule has 1 amide bonds. The first kappa shape index (κ1) is 13.7. The Balaban J connectivity index is 1.83. The van der Waals surface area contributed by atoms with E-state index in [-0.39, 0.29) is 5.91 Å². The van der Waals surface area contributed by atoms with E-state index in [1.165, 1.54) is 5.06 Å². The lowest BCUT2D eigenvalue weighted by Crippen LogP contribution is -2.30. The van der Waals surface area contributed by atoms with Gasteiger partial charge >= 0.3 is 0 Å². The lowest BCUT2D eigenvalue weighted by atomic mass is 9.95. The lowest BCUT2D eigenvalue weighted by molar-refractivity contribution is -0.165. The maximum absolute atomic E-state index is 12.2. The number of hydrogen-bond acceptors (Lipinski definition) is 4. The largest absolute Gasteiger partial charge is 0.486 e. The molecule has 0 unspecified atom stereocenters. The van der Waals surface area contributed by atoms with Gasteiger partial charge in [0, 0.05) is 4.47 Å². The number of amides is 1. The molecule has 20 heavy (non-hydrogen) atoms. The summed E-state index contributed by atoms with van der Waals surface area (Å²) in [6, 6.07) is 3.76. The molecule has 0 atom stereocenters. The molecule has 2 aliphatic heterocycles. The van der Waals surface area contributed by atoms with Gasteiger partial charge in [0.25, 0.3) is 5.91 Å². The van der Waals surface area contributed by atoms with Gasteiger partial charge in [-0.25, -0.2) is 5.06 Å². The smallest absolute Gasteiger partial charge is 0.254 e. The van der Waals surface area contributed by atoms with Crippen LogP contribution in [0.25, 0.3) is 0 Å². The number of rotatable bonds is 2. The zero-order valence-corrected chi connectivity index (χ0v) is 13.0. The molecule has 0 aliphatic carbocycles. The molecule has 0 N–H and O–H groups in total. The van der Waals surface area contributed by atoms with Crippen molar-refractivity contribution in [1.82, 2.24) is 5.06 Å². The number of ether oxygens (including phenoxy) is 2. The van der Waals surface area contributed by atoms with Crippen LogP contribution in [-0.4, -0.2) is 30.8 Å². The van der Waals surface area contributed by atoms with E-state index in [2.05, 4.69) is 15.9 Å². The van der Waals surface area contributed by atoms with Crippen molar-refractivity contribution in [1.29, 1.82) is 0 Å². The predicted octanol–water partition coefficient (Wildman–Crippen LogP) is 2.52. The van der Waals surface area contributed by atoms with E-state index in [4.69, 9.17) is 14.3 Å². The third kappa shape index (κ3) is 2.38. The molecule has 6 heteroatoms. The van der Waals surface area contributed by atoms with Gasteiger partial charge in [0.05, 0.1) is 18.6 Å². The SMILES string of the molecule is CC1(C)CON(Cc2cc3c(cc2Br)OCCO3)C1=O. The number of fused-ring (bicyclic) bond motifs is 1. The molecule has 0 spiro atoms. The Kier molecular flexibility index (Phi) is 3.38. The second-order valence-corrected chi connectivity index (χ2v) is 6.44. The summed E-state index contributed by atoms with van der Waals surface area (Å²) in [6.07, 6.45) is 0. The quantitative estimate of drug-likeness (QED) is 0.829. The van der Waals surface area contributed by atoms with E-state index in [1.807, 2.05) is 26.0 Å². The van der Waals surface area contributed by atoms with Crippen molar-refractivity contribution in [3.8, 4) is 11.5 Å². The average Bonchev–Trinajstić information content (AvgIpc) is 2.67. The van der Waals surface area contributed by atoms with Crippen LogP contribution in [0.4, 0.5) is 0 Å². The highest BCUT2D eigenvalue weighted by atomic mass is 79.9. The molecule has 0 radical (unpaired) electrons. The third-order valence-electron chi connectivity index (χ3n) is 3.41. The normalized spacial score (nSPS) is 20.4. The van der Waals surface area contributed by atoms with Crippen LogP contribution in [0.2, 0.25) is 0 Å². The van der Waals surface area contributed by atoms with E-state index in [1.54, 1.807) is 0 Å². The van der Waals surface area contributed by atoms with Gasteiger partial charge in [0.1, 0.15) is 13.2 Å². The number of carbonyl (C=O) groups is 1. The Hall–Kier alpha value is -1.27. The predicted molar refractivity (Wildman–Crippen MR) is 75.4 cm³/mol. The van der Waals surface area contributed by atoms with Gasteiger partial charge < -0.3 is 9.47 Å². The van der Waals surface area contributed by atoms with Crippen molar-refractivity contribution in [3.05, 3.63) is 22.2 Å². The minimum Gasteiger partial charge on any atom is -0.486 e. The fourth-order valence-electron chi connectivity index (χ4n) is 2.20. The first-order valence-electron chi connectivity index (χ1n) is 6.50. The fourth-order valence-corrected chi connectivity index (χ4v) is 2.64. The highest BCUT2D eigenvalue weighted by Gasteiger charge is 2.40. The van der Waals surface area contributed by atoms with Gasteiger partial charge in [0.15, 0.2) is 11.5 Å². The summed E-state index contributed by atoms with van der Waals surface area (Å²) in [5.41, 5.74) is 0.473. The van der Waals surface area contributed by atoms with Crippen LogP contribution < -0.4 is 9.47 Å². The molecule has 1 aromatic rings. The molecule has 1 aromatic carbocycles. The minimum atomic E-state index is -0.458. The van der Waals surface area contributed by atoms with E-state index in [9.17, 15) is 4.79 Å². The molecule has 3 rings (SSSR count).